The van der Waals surface area contributed by atoms with Crippen LogP contribution in [0.1, 0.15) is 64.1 Å². The van der Waals surface area contributed by atoms with Crippen molar-refractivity contribution in [1.82, 2.24) is 5.32 Å². The second-order valence-corrected chi connectivity index (χ2v) is 9.24. The zero-order valence-electron chi connectivity index (χ0n) is 19.1. The van der Waals surface area contributed by atoms with Crippen LogP contribution in [0.2, 0.25) is 5.02 Å². The molecule has 2 rings (SSSR count). The molecule has 31 heavy (non-hydrogen) atoms. The number of hydrogen-bond acceptors (Lipinski definition) is 6. The second-order valence-electron chi connectivity index (χ2n) is 8.81. The smallest absolute Gasteiger partial charge is 0.408 e. The number of alkyl carbamates (subject to hydrolysis) is 1. The van der Waals surface area contributed by atoms with Crippen molar-refractivity contribution in [1.29, 1.82) is 0 Å². The number of benzene rings is 1. The fourth-order valence-electron chi connectivity index (χ4n) is 3.76. The van der Waals surface area contributed by atoms with Crippen molar-refractivity contribution in [2.45, 2.75) is 64.0 Å². The van der Waals surface area contributed by atoms with E-state index in [0.29, 0.717) is 30.4 Å². The molecule has 0 aromatic heterocycles. The first kappa shape index (κ1) is 25.4. The lowest BCUT2D eigenvalue weighted by Gasteiger charge is -2.37. The molecule has 1 aromatic carbocycles. The standard InChI is InChI=1S/C23H34ClNO6/c1-6-30-20(26)14-19(25-21(27)31-22(2,3)4)16-11-17(13-18(24)12-16)23(15-28-5)7-9-29-10-8-23/h11-13,19H,6-10,14-15H2,1-5H3,(H,25,27). The molecule has 0 bridgehead atoms. The van der Waals surface area contributed by atoms with Gasteiger partial charge in [-0.3, -0.25) is 4.79 Å². The van der Waals surface area contributed by atoms with Crippen LogP contribution < -0.4 is 5.32 Å². The molecule has 1 aliphatic heterocycles. The molecule has 8 heteroatoms. The van der Waals surface area contributed by atoms with Crippen molar-refractivity contribution in [3.63, 3.8) is 0 Å². The van der Waals surface area contributed by atoms with E-state index in [1.165, 1.54) is 0 Å². The van der Waals surface area contributed by atoms with Crippen LogP contribution in [-0.2, 0) is 29.2 Å². The highest BCUT2D eigenvalue weighted by atomic mass is 35.5. The van der Waals surface area contributed by atoms with Gasteiger partial charge >= 0.3 is 12.1 Å². The molecule has 1 atom stereocenters. The molecule has 1 N–H and O–H groups in total. The number of rotatable bonds is 8. The molecule has 1 fully saturated rings. The quantitative estimate of drug-likeness (QED) is 0.579. The normalized spacial score (nSPS) is 17.0. The highest BCUT2D eigenvalue weighted by Crippen LogP contribution is 2.38. The van der Waals surface area contributed by atoms with Gasteiger partial charge in [-0.15, -0.1) is 0 Å². The zero-order valence-corrected chi connectivity index (χ0v) is 19.8. The second kappa shape index (κ2) is 11.2. The van der Waals surface area contributed by atoms with Crippen molar-refractivity contribution >= 4 is 23.7 Å². The lowest BCUT2D eigenvalue weighted by molar-refractivity contribution is -0.143. The molecule has 0 spiro atoms. The average Bonchev–Trinajstić information content (AvgIpc) is 2.66. The SMILES string of the molecule is CCOC(=O)CC(NC(=O)OC(C)(C)C)c1cc(Cl)cc(C2(COC)CCOCC2)c1. The molecule has 0 aliphatic carbocycles. The van der Waals surface area contributed by atoms with Crippen LogP contribution in [0.3, 0.4) is 0 Å². The van der Waals surface area contributed by atoms with Gasteiger partial charge < -0.3 is 24.3 Å². The van der Waals surface area contributed by atoms with Gasteiger partial charge in [-0.05, 0) is 63.8 Å². The van der Waals surface area contributed by atoms with Crippen LogP contribution in [0.25, 0.3) is 0 Å². The summed E-state index contributed by atoms with van der Waals surface area (Å²) in [6, 6.07) is 5.01. The summed E-state index contributed by atoms with van der Waals surface area (Å²) in [5, 5.41) is 3.33. The molecular weight excluding hydrogens is 422 g/mol. The number of halogens is 1. The maximum absolute atomic E-state index is 12.5. The summed E-state index contributed by atoms with van der Waals surface area (Å²) in [5.74, 6) is -0.414. The predicted octanol–water partition coefficient (Wildman–Crippen LogP) is 4.55. The summed E-state index contributed by atoms with van der Waals surface area (Å²) in [4.78, 5) is 24.7. The molecule has 1 unspecified atom stereocenters. The third kappa shape index (κ3) is 7.66. The van der Waals surface area contributed by atoms with Crippen LogP contribution in [0, 0.1) is 0 Å². The third-order valence-electron chi connectivity index (χ3n) is 5.17. The molecule has 1 saturated heterocycles. The molecule has 1 heterocycles. The summed E-state index contributed by atoms with van der Waals surface area (Å²) in [5.41, 5.74) is 0.804. The topological polar surface area (TPSA) is 83.1 Å². The molecule has 1 aromatic rings. The largest absolute Gasteiger partial charge is 0.466 e. The Hall–Kier alpha value is -1.83. The van der Waals surface area contributed by atoms with E-state index in [4.69, 9.17) is 30.5 Å². The van der Waals surface area contributed by atoms with Crippen molar-refractivity contribution in [3.05, 3.63) is 34.3 Å². The van der Waals surface area contributed by atoms with Gasteiger partial charge in [0.15, 0.2) is 0 Å². The number of amides is 1. The van der Waals surface area contributed by atoms with E-state index in [2.05, 4.69) is 5.32 Å². The Bertz CT molecular complexity index is 749. The van der Waals surface area contributed by atoms with Gasteiger partial charge in [0.2, 0.25) is 0 Å². The maximum Gasteiger partial charge on any atom is 0.408 e. The van der Waals surface area contributed by atoms with Crippen LogP contribution in [0.4, 0.5) is 4.79 Å². The van der Waals surface area contributed by atoms with Crippen molar-refractivity contribution in [2.75, 3.05) is 33.5 Å². The van der Waals surface area contributed by atoms with Gasteiger partial charge in [0.25, 0.3) is 0 Å². The van der Waals surface area contributed by atoms with E-state index in [-0.39, 0.29) is 18.4 Å². The van der Waals surface area contributed by atoms with Gasteiger partial charge in [-0.2, -0.15) is 0 Å². The zero-order chi connectivity index (χ0) is 23.1. The minimum absolute atomic E-state index is 0.0345. The lowest BCUT2D eigenvalue weighted by atomic mass is 9.74. The van der Waals surface area contributed by atoms with Gasteiger partial charge in [0.05, 0.1) is 25.7 Å². The van der Waals surface area contributed by atoms with E-state index in [1.54, 1.807) is 40.9 Å². The van der Waals surface area contributed by atoms with Gasteiger partial charge in [0.1, 0.15) is 5.60 Å². The number of hydrogen-bond donors (Lipinski definition) is 1. The predicted molar refractivity (Wildman–Crippen MR) is 118 cm³/mol. The van der Waals surface area contributed by atoms with Crippen molar-refractivity contribution < 1.29 is 28.5 Å². The molecule has 0 radical (unpaired) electrons. The van der Waals surface area contributed by atoms with Crippen LogP contribution >= 0.6 is 11.6 Å². The van der Waals surface area contributed by atoms with Crippen LogP contribution in [-0.4, -0.2) is 51.2 Å². The van der Waals surface area contributed by atoms with Gasteiger partial charge in [-0.25, -0.2) is 4.79 Å². The minimum Gasteiger partial charge on any atom is -0.466 e. The third-order valence-corrected chi connectivity index (χ3v) is 5.39. The first-order chi connectivity index (χ1) is 14.6. The van der Waals surface area contributed by atoms with Gasteiger partial charge in [0, 0.05) is 30.8 Å². The fraction of sp³-hybridized carbons (Fsp3) is 0.652. The Kier molecular flexibility index (Phi) is 9.15. The number of methoxy groups -OCH3 is 1. The molecular formula is C23H34ClNO6. The summed E-state index contributed by atoms with van der Waals surface area (Å²) < 4.78 is 21.6. The number of nitrogens with one attached hydrogen (secondary N) is 1. The van der Waals surface area contributed by atoms with Crippen LogP contribution in [0.15, 0.2) is 18.2 Å². The van der Waals surface area contributed by atoms with Crippen molar-refractivity contribution in [2.24, 2.45) is 0 Å². The van der Waals surface area contributed by atoms with Crippen molar-refractivity contribution in [3.8, 4) is 0 Å². The lowest BCUT2D eigenvalue weighted by Crippen LogP contribution is -2.38. The number of esters is 1. The van der Waals surface area contributed by atoms with E-state index in [9.17, 15) is 9.59 Å². The summed E-state index contributed by atoms with van der Waals surface area (Å²) in [6.45, 7) is 9.14. The molecule has 1 aliphatic rings. The highest BCUT2D eigenvalue weighted by molar-refractivity contribution is 6.30. The number of carbonyl (C=O) groups excluding carboxylic acids is 2. The minimum atomic E-state index is -0.664. The Labute approximate surface area is 189 Å². The molecule has 1 amide bonds. The van der Waals surface area contributed by atoms with Crippen LogP contribution in [0.5, 0.6) is 0 Å². The Morgan fingerprint density at radius 3 is 2.48 bits per heavy atom. The van der Waals surface area contributed by atoms with E-state index >= 15 is 0 Å². The Morgan fingerprint density at radius 2 is 1.90 bits per heavy atom. The van der Waals surface area contributed by atoms with E-state index in [1.807, 2.05) is 12.1 Å². The monoisotopic (exact) mass is 455 g/mol. The highest BCUT2D eigenvalue weighted by Gasteiger charge is 2.36. The van der Waals surface area contributed by atoms with E-state index in [0.717, 1.165) is 18.4 Å². The number of ether oxygens (including phenoxy) is 4. The van der Waals surface area contributed by atoms with E-state index < -0.39 is 23.7 Å². The fourth-order valence-corrected chi connectivity index (χ4v) is 4.01. The molecule has 0 saturated carbocycles. The maximum atomic E-state index is 12.5. The molecule has 174 valence electrons. The first-order valence-electron chi connectivity index (χ1n) is 10.6. The summed E-state index contributed by atoms with van der Waals surface area (Å²) in [6.07, 6.45) is 0.944. The Balaban J connectivity index is 2.39. The van der Waals surface area contributed by atoms with Gasteiger partial charge in [-0.1, -0.05) is 17.7 Å². The summed E-state index contributed by atoms with van der Waals surface area (Å²) >= 11 is 6.48. The average molecular weight is 456 g/mol. The summed E-state index contributed by atoms with van der Waals surface area (Å²) in [7, 11) is 1.68. The first-order valence-corrected chi connectivity index (χ1v) is 11.0. The molecule has 7 nitrogen and oxygen atoms in total. The Morgan fingerprint density at radius 1 is 1.23 bits per heavy atom. The number of carbonyl (C=O) groups is 2.